The Morgan fingerprint density at radius 1 is 1.32 bits per heavy atom. The molecule has 0 aliphatic rings. The standard InChI is InChI=1S/C19H20ClFO4/c1-10(2)13-7-12(4-5-15(13)22)8-14-11(3)6-16(19(21)18(14)20)25-9-17(23)24/h4-7,10,22H,8-9H2,1-3H3,(H,23,24). The molecule has 134 valence electrons. The van der Waals surface area contributed by atoms with Gasteiger partial charge < -0.3 is 14.9 Å². The van der Waals surface area contributed by atoms with Crippen molar-refractivity contribution in [2.75, 3.05) is 6.61 Å². The van der Waals surface area contributed by atoms with Crippen molar-refractivity contribution in [1.29, 1.82) is 0 Å². The van der Waals surface area contributed by atoms with Crippen LogP contribution in [-0.2, 0) is 11.2 Å². The lowest BCUT2D eigenvalue weighted by molar-refractivity contribution is -0.139. The zero-order valence-corrected chi connectivity index (χ0v) is 15.0. The zero-order chi connectivity index (χ0) is 18.7. The monoisotopic (exact) mass is 366 g/mol. The van der Waals surface area contributed by atoms with Crippen LogP contribution in [0.25, 0.3) is 0 Å². The van der Waals surface area contributed by atoms with E-state index in [1.165, 1.54) is 6.07 Å². The van der Waals surface area contributed by atoms with Crippen molar-refractivity contribution in [3.63, 3.8) is 0 Å². The van der Waals surface area contributed by atoms with Crippen LogP contribution >= 0.6 is 11.6 Å². The molecule has 0 spiro atoms. The smallest absolute Gasteiger partial charge is 0.341 e. The molecule has 0 amide bonds. The zero-order valence-electron chi connectivity index (χ0n) is 14.3. The van der Waals surface area contributed by atoms with Crippen molar-refractivity contribution < 1.29 is 24.1 Å². The highest BCUT2D eigenvalue weighted by molar-refractivity contribution is 6.31. The number of phenols is 1. The van der Waals surface area contributed by atoms with Crippen LogP contribution in [-0.4, -0.2) is 22.8 Å². The van der Waals surface area contributed by atoms with E-state index in [-0.39, 0.29) is 22.4 Å². The minimum atomic E-state index is -1.19. The number of phenolic OH excluding ortho intramolecular Hbond substituents is 1. The molecule has 0 heterocycles. The number of aryl methyl sites for hydroxylation is 1. The van der Waals surface area contributed by atoms with E-state index < -0.39 is 18.4 Å². The van der Waals surface area contributed by atoms with E-state index in [1.54, 1.807) is 19.1 Å². The first kappa shape index (κ1) is 19.1. The summed E-state index contributed by atoms with van der Waals surface area (Å²) < 4.78 is 19.3. The number of rotatable bonds is 6. The molecule has 2 rings (SSSR count). The van der Waals surface area contributed by atoms with Gasteiger partial charge >= 0.3 is 5.97 Å². The molecule has 2 aromatic rings. The molecule has 2 N–H and O–H groups in total. The molecule has 0 atom stereocenters. The first-order valence-corrected chi connectivity index (χ1v) is 8.22. The number of halogens is 2. The maximum Gasteiger partial charge on any atom is 0.341 e. The third-order valence-corrected chi connectivity index (χ3v) is 4.34. The molecule has 4 nitrogen and oxygen atoms in total. The fraction of sp³-hybridized carbons (Fsp3) is 0.316. The van der Waals surface area contributed by atoms with Crippen molar-refractivity contribution in [2.24, 2.45) is 0 Å². The van der Waals surface area contributed by atoms with Gasteiger partial charge in [-0.2, -0.15) is 0 Å². The second-order valence-electron chi connectivity index (χ2n) is 6.21. The third-order valence-electron chi connectivity index (χ3n) is 3.94. The Morgan fingerprint density at radius 2 is 2.00 bits per heavy atom. The molecule has 0 saturated heterocycles. The van der Waals surface area contributed by atoms with Crippen LogP contribution < -0.4 is 4.74 Å². The quantitative estimate of drug-likeness (QED) is 0.779. The summed E-state index contributed by atoms with van der Waals surface area (Å²) in [6, 6.07) is 6.71. The third kappa shape index (κ3) is 4.42. The SMILES string of the molecule is Cc1cc(OCC(=O)O)c(F)c(Cl)c1Cc1ccc(O)c(C(C)C)c1. The average molecular weight is 367 g/mol. The molecule has 6 heteroatoms. The Hall–Kier alpha value is -2.27. The Balaban J connectivity index is 2.36. The normalized spacial score (nSPS) is 11.0. The number of aliphatic carboxylic acids is 1. The molecule has 0 bridgehead atoms. The number of carboxylic acid groups (broad SMARTS) is 1. The highest BCUT2D eigenvalue weighted by atomic mass is 35.5. The Labute approximate surface area is 150 Å². The van der Waals surface area contributed by atoms with Gasteiger partial charge in [-0.15, -0.1) is 0 Å². The molecule has 0 unspecified atom stereocenters. The second kappa shape index (κ2) is 7.74. The summed E-state index contributed by atoms with van der Waals surface area (Å²) >= 11 is 6.15. The molecular weight excluding hydrogens is 347 g/mol. The van der Waals surface area contributed by atoms with Crippen LogP contribution in [0.5, 0.6) is 11.5 Å². The van der Waals surface area contributed by atoms with Crippen molar-refractivity contribution in [2.45, 2.75) is 33.1 Å². The van der Waals surface area contributed by atoms with Gasteiger partial charge in [0.2, 0.25) is 0 Å². The largest absolute Gasteiger partial charge is 0.508 e. The van der Waals surface area contributed by atoms with Crippen LogP contribution in [0.15, 0.2) is 24.3 Å². The Morgan fingerprint density at radius 3 is 2.60 bits per heavy atom. The number of benzene rings is 2. The van der Waals surface area contributed by atoms with E-state index in [2.05, 4.69) is 0 Å². The van der Waals surface area contributed by atoms with Gasteiger partial charge in [-0.25, -0.2) is 9.18 Å². The molecular formula is C19H20ClFO4. The Kier molecular flexibility index (Phi) is 5.90. The molecule has 0 radical (unpaired) electrons. The van der Waals surface area contributed by atoms with E-state index in [9.17, 15) is 14.3 Å². The summed E-state index contributed by atoms with van der Waals surface area (Å²) in [6.45, 7) is 5.08. The van der Waals surface area contributed by atoms with Crippen LogP contribution in [0, 0.1) is 12.7 Å². The summed E-state index contributed by atoms with van der Waals surface area (Å²) in [5.74, 6) is -1.76. The highest BCUT2D eigenvalue weighted by Crippen LogP contribution is 2.34. The fourth-order valence-corrected chi connectivity index (χ4v) is 2.91. The van der Waals surface area contributed by atoms with Gasteiger partial charge in [0.05, 0.1) is 5.02 Å². The predicted molar refractivity (Wildman–Crippen MR) is 94.3 cm³/mol. The van der Waals surface area contributed by atoms with Gasteiger partial charge in [-0.3, -0.25) is 0 Å². The topological polar surface area (TPSA) is 66.8 Å². The molecule has 2 aromatic carbocycles. The van der Waals surface area contributed by atoms with E-state index in [4.69, 9.17) is 21.4 Å². The van der Waals surface area contributed by atoms with Crippen LogP contribution in [0.3, 0.4) is 0 Å². The highest BCUT2D eigenvalue weighted by Gasteiger charge is 2.18. The van der Waals surface area contributed by atoms with Gasteiger partial charge in [0.15, 0.2) is 18.2 Å². The van der Waals surface area contributed by atoms with Crippen LogP contribution in [0.2, 0.25) is 5.02 Å². The van der Waals surface area contributed by atoms with E-state index in [0.717, 1.165) is 11.1 Å². The van der Waals surface area contributed by atoms with Gasteiger partial charge in [0.25, 0.3) is 0 Å². The number of carboxylic acids is 1. The summed E-state index contributed by atoms with van der Waals surface area (Å²) in [6.07, 6.45) is 0.390. The van der Waals surface area contributed by atoms with Crippen molar-refractivity contribution >= 4 is 17.6 Å². The number of aromatic hydroxyl groups is 1. The molecule has 0 aliphatic carbocycles. The average Bonchev–Trinajstić information content (AvgIpc) is 2.54. The van der Waals surface area contributed by atoms with Crippen molar-refractivity contribution in [1.82, 2.24) is 0 Å². The van der Waals surface area contributed by atoms with Gasteiger partial charge in [-0.1, -0.05) is 37.6 Å². The molecule has 25 heavy (non-hydrogen) atoms. The number of hydrogen-bond acceptors (Lipinski definition) is 3. The Bertz CT molecular complexity index is 802. The van der Waals surface area contributed by atoms with Crippen molar-refractivity contribution in [3.8, 4) is 11.5 Å². The summed E-state index contributed by atoms with van der Waals surface area (Å²) in [5, 5.41) is 18.5. The number of hydrogen-bond donors (Lipinski definition) is 2. The molecule has 0 aromatic heterocycles. The molecule has 0 saturated carbocycles. The summed E-state index contributed by atoms with van der Waals surface area (Å²) in [5.41, 5.74) is 3.01. The lowest BCUT2D eigenvalue weighted by atomic mass is 9.95. The van der Waals surface area contributed by atoms with E-state index in [1.807, 2.05) is 19.9 Å². The maximum absolute atomic E-state index is 14.4. The maximum atomic E-state index is 14.4. The summed E-state index contributed by atoms with van der Waals surface area (Å²) in [7, 11) is 0. The molecule has 0 aliphatic heterocycles. The predicted octanol–water partition coefficient (Wildman–Crippen LogP) is 4.67. The van der Waals surface area contributed by atoms with Crippen molar-refractivity contribution in [3.05, 3.63) is 57.4 Å². The molecule has 0 fully saturated rings. The van der Waals surface area contributed by atoms with Gasteiger partial charge in [0.1, 0.15) is 5.75 Å². The van der Waals surface area contributed by atoms with Gasteiger partial charge in [-0.05, 0) is 53.6 Å². The number of carbonyl (C=O) groups is 1. The lowest BCUT2D eigenvalue weighted by Gasteiger charge is -2.15. The van der Waals surface area contributed by atoms with Crippen LogP contribution in [0.1, 0.15) is 42.0 Å². The second-order valence-corrected chi connectivity index (χ2v) is 6.58. The minimum absolute atomic E-state index is 0.0837. The summed E-state index contributed by atoms with van der Waals surface area (Å²) in [4.78, 5) is 10.6. The fourth-order valence-electron chi connectivity index (χ4n) is 2.60. The van der Waals surface area contributed by atoms with Gasteiger partial charge in [0, 0.05) is 0 Å². The lowest BCUT2D eigenvalue weighted by Crippen LogP contribution is -2.11. The first-order chi connectivity index (χ1) is 11.7. The van der Waals surface area contributed by atoms with E-state index >= 15 is 0 Å². The van der Waals surface area contributed by atoms with Crippen LogP contribution in [0.4, 0.5) is 4.39 Å². The number of ether oxygens (including phenoxy) is 1. The minimum Gasteiger partial charge on any atom is -0.508 e. The van der Waals surface area contributed by atoms with E-state index in [0.29, 0.717) is 17.5 Å². The first-order valence-electron chi connectivity index (χ1n) is 7.84.